The minimum atomic E-state index is -1.18. The molecule has 0 aromatic rings. The molecule has 0 radical (unpaired) electrons. The smallest absolute Gasteiger partial charge is 0.662 e. The van der Waals surface area contributed by atoms with Gasteiger partial charge in [0.25, 0.3) is 53.7 Å². The summed E-state index contributed by atoms with van der Waals surface area (Å²) in [6.07, 6.45) is -0.0920. The van der Waals surface area contributed by atoms with Crippen LogP contribution in [0.25, 0.3) is 0 Å². The van der Waals surface area contributed by atoms with Crippen molar-refractivity contribution in [3.05, 3.63) is 0 Å². The van der Waals surface area contributed by atoms with Crippen LogP contribution in [-0.2, 0) is 206 Å². The molecule has 0 bridgehead atoms. The number of hydrogen-bond acceptors (Lipinski definition) is 45. The summed E-state index contributed by atoms with van der Waals surface area (Å²) in [7, 11) is 0. The molecule has 4 rings (SSSR count). The molecule has 0 aromatic carbocycles. The number of carbonyl (C=O) groups excluding carboxylic acids is 17. The van der Waals surface area contributed by atoms with Gasteiger partial charge in [0.2, 0.25) is 0 Å². The van der Waals surface area contributed by atoms with Gasteiger partial charge in [-0.05, 0) is 25.7 Å². The molecule has 0 atom stereocenters. The molecule has 748 valence electrons. The number of imide groups is 4. The standard InChI is InChI=1S/C37H48N4O24.C37H60O20.C3H7NO2.CH2O3.Na/c42-25-1-2-26(43)38(25)62-33(50)17-54-9-13-58-21-37(22-59-14-10-55-18-34(51)63-39-27(44)3-4-28(39)45,23-60-15-11-56-19-35(52)64-40-29(46)5-6-30(40)47)24-61-16-12-57-20-36(53)65-41-31(48)7-8-32(41)49;38-29(5-1-9-33(42)43)21-50-13-17-54-25-37(26-55-18-14-51-22-30(39)6-2-10-34(44)45,27-56-19-15-52-23-31(40)7-3-11-35(46)47)28-57-20-16-53-24-32(41)8-4-12-36(48)49;4-2-1-3(5)6;2-1-4-3;/h1-24H2;1-28H2,(H,42,43)(H,44,45)(H,46,47)(H,48,49);1-2,4H2,(H,5,6);1,3H;/q;;;;+1/p-1. The summed E-state index contributed by atoms with van der Waals surface area (Å²) >= 11 is 0. The molecule has 0 saturated carbocycles. The third-order valence-corrected chi connectivity index (χ3v) is 16.8. The average molecular weight is 1930 g/mol. The van der Waals surface area contributed by atoms with Crippen molar-refractivity contribution >= 4 is 131 Å². The zero-order valence-electron chi connectivity index (χ0n) is 73.8. The number of carbonyl (C=O) groups is 22. The van der Waals surface area contributed by atoms with Crippen molar-refractivity contribution in [3.63, 3.8) is 0 Å². The first-order chi connectivity index (χ1) is 63.1. The van der Waals surface area contributed by atoms with Gasteiger partial charge in [-0.25, -0.2) is 19.2 Å². The number of hydroxylamine groups is 8. The number of rotatable bonds is 79. The van der Waals surface area contributed by atoms with Crippen LogP contribution in [-0.4, -0.2) is 394 Å². The third-order valence-electron chi connectivity index (χ3n) is 16.8. The van der Waals surface area contributed by atoms with E-state index < -0.39 is 138 Å². The molecule has 4 aliphatic heterocycles. The number of amides is 8. The van der Waals surface area contributed by atoms with Crippen molar-refractivity contribution in [2.24, 2.45) is 16.6 Å². The maximum atomic E-state index is 12.1. The van der Waals surface area contributed by atoms with Gasteiger partial charge in [0.15, 0.2) is 23.1 Å². The van der Waals surface area contributed by atoms with E-state index in [0.717, 1.165) is 0 Å². The van der Waals surface area contributed by atoms with Crippen LogP contribution in [0.15, 0.2) is 0 Å². The number of Topliss-reactive ketones (excluding diaryl/α,β-unsaturated/α-hetero) is 4. The van der Waals surface area contributed by atoms with Gasteiger partial charge in [0.05, 0.1) is 176 Å². The van der Waals surface area contributed by atoms with Gasteiger partial charge >= 0.3 is 83.3 Å². The van der Waals surface area contributed by atoms with Gasteiger partial charge in [-0.15, -0.1) is 20.3 Å². The second kappa shape index (κ2) is 76.5. The first kappa shape index (κ1) is 123. The van der Waals surface area contributed by atoms with E-state index in [9.17, 15) is 101 Å². The second-order valence-electron chi connectivity index (χ2n) is 28.3. The van der Waals surface area contributed by atoms with Crippen LogP contribution < -0.4 is 40.5 Å². The van der Waals surface area contributed by atoms with Crippen LogP contribution in [0.2, 0.25) is 0 Å². The molecule has 0 aromatic heterocycles. The van der Waals surface area contributed by atoms with Gasteiger partial charge in [-0.2, -0.15) is 0 Å². The van der Waals surface area contributed by atoms with Crippen LogP contribution >= 0.6 is 0 Å². The average Bonchev–Trinajstić information content (AvgIpc) is 1.84. The molecular weight excluding hydrogens is 1810 g/mol. The number of aliphatic carboxylic acids is 5. The molecule has 0 spiro atoms. The topological polar surface area (TPSA) is 733 Å². The fourth-order valence-corrected chi connectivity index (χ4v) is 10.4. The van der Waals surface area contributed by atoms with E-state index in [0.29, 0.717) is 20.3 Å². The van der Waals surface area contributed by atoms with E-state index in [1.807, 2.05) is 0 Å². The molecule has 133 heavy (non-hydrogen) atoms. The summed E-state index contributed by atoms with van der Waals surface area (Å²) in [4.78, 5) is 272. The van der Waals surface area contributed by atoms with Crippen molar-refractivity contribution in [1.29, 1.82) is 0 Å². The monoisotopic (exact) mass is 1930 g/mol. The molecule has 0 unspecified atom stereocenters. The van der Waals surface area contributed by atoms with Crippen LogP contribution in [0.4, 0.5) is 0 Å². The van der Waals surface area contributed by atoms with E-state index in [1.165, 1.54) is 0 Å². The number of ketones is 4. The largest absolute Gasteiger partial charge is 1.00 e. The zero-order valence-corrected chi connectivity index (χ0v) is 75.8. The van der Waals surface area contributed by atoms with Gasteiger partial charge in [0, 0.05) is 109 Å². The van der Waals surface area contributed by atoms with Crippen molar-refractivity contribution in [2.45, 2.75) is 135 Å². The summed E-state index contributed by atoms with van der Waals surface area (Å²) in [5.74, 6) is -15.2. The van der Waals surface area contributed by atoms with Gasteiger partial charge in [-0.1, -0.05) is 0 Å². The Kier molecular flexibility index (Phi) is 70.9. The molecule has 0 aliphatic carbocycles. The van der Waals surface area contributed by atoms with E-state index in [1.54, 1.807) is 0 Å². The molecule has 8 amide bonds. The SMILES string of the molecule is NCCC(=O)O.O=C(COCCOCC(COCCOCC(=O)ON1C(=O)CCC1=O)(COCCOCC(=O)ON1C(=O)CCC1=O)COCCOCC(=O)ON1C(=O)CCC1=O)ON1C(=O)CCC1=O.O=C(O)CCCC(=O)COCCOCC(COCCOCC(=O)CCCC(=O)O)(COCCOCC(=O)CCCC(=O)O)COCCOCC(=O)CCCC(=O)O.O=CO[O-].[Na+]. The number of nitrogens with zero attached hydrogens (tertiary/aromatic N) is 4. The Morgan fingerprint density at radius 3 is 0.556 bits per heavy atom. The van der Waals surface area contributed by atoms with Crippen LogP contribution in [0, 0.1) is 10.8 Å². The quantitative estimate of drug-likeness (QED) is 0.00823. The predicted octanol–water partition coefficient (Wildman–Crippen LogP) is -7.21. The Morgan fingerprint density at radius 1 is 0.271 bits per heavy atom. The fraction of sp³-hybridized carbons (Fsp3) is 0.718. The van der Waals surface area contributed by atoms with Gasteiger partial charge in [-0.3, -0.25) is 86.3 Å². The van der Waals surface area contributed by atoms with E-state index >= 15 is 0 Å². The Balaban J connectivity index is 0.00000238. The number of carboxylic acids is 5. The van der Waals surface area contributed by atoms with E-state index in [-0.39, 0.29) is 386 Å². The van der Waals surface area contributed by atoms with Crippen molar-refractivity contribution in [1.82, 2.24) is 20.3 Å². The second-order valence-corrected chi connectivity index (χ2v) is 28.3. The summed E-state index contributed by atoms with van der Waals surface area (Å²) in [5.41, 5.74) is 2.69. The maximum Gasteiger partial charge on any atom is 1.00 e. The Hall–Kier alpha value is -9.78. The number of carboxylic acid groups (broad SMARTS) is 5. The summed E-state index contributed by atoms with van der Waals surface area (Å²) in [6, 6.07) is 0. The predicted molar refractivity (Wildman–Crippen MR) is 421 cm³/mol. The van der Waals surface area contributed by atoms with E-state index in [4.69, 9.17) is 136 Å². The molecule has 54 nitrogen and oxygen atoms in total. The molecule has 4 aliphatic rings. The first-order valence-corrected chi connectivity index (χ1v) is 41.2. The normalized spacial score (nSPS) is 13.6. The maximum absolute atomic E-state index is 12.1. The van der Waals surface area contributed by atoms with Crippen LogP contribution in [0.3, 0.4) is 0 Å². The summed E-state index contributed by atoms with van der Waals surface area (Å²) < 4.78 is 89.4. The zero-order chi connectivity index (χ0) is 98.2. The van der Waals surface area contributed by atoms with Crippen molar-refractivity contribution in [3.8, 4) is 0 Å². The molecule has 4 heterocycles. The minimum absolute atomic E-state index is 0. The van der Waals surface area contributed by atoms with Crippen LogP contribution in [0.5, 0.6) is 0 Å². The van der Waals surface area contributed by atoms with Gasteiger partial charge < -0.3 is 137 Å². The summed E-state index contributed by atoms with van der Waals surface area (Å²) in [6.45, 7) is -4.91. The molecule has 4 fully saturated rings. The van der Waals surface area contributed by atoms with Crippen molar-refractivity contribution in [2.75, 3.05) is 218 Å². The Bertz CT molecular complexity index is 3140. The minimum Gasteiger partial charge on any atom is -0.662 e. The van der Waals surface area contributed by atoms with Crippen molar-refractivity contribution < 1.29 is 266 Å². The molecular formula is C78H116N5NaO49. The fourth-order valence-electron chi connectivity index (χ4n) is 10.4. The number of hydrogen-bond donors (Lipinski definition) is 6. The van der Waals surface area contributed by atoms with Gasteiger partial charge in [0.1, 0.15) is 52.9 Å². The Morgan fingerprint density at radius 2 is 0.421 bits per heavy atom. The summed E-state index contributed by atoms with van der Waals surface area (Å²) in [5, 5.41) is 52.7. The molecule has 4 saturated heterocycles. The molecule has 7 N–H and O–H groups in total. The third kappa shape index (κ3) is 63.9. The Labute approximate surface area is 782 Å². The molecule has 55 heteroatoms. The number of ether oxygens (including phenoxy) is 16. The van der Waals surface area contributed by atoms with Crippen LogP contribution in [0.1, 0.15) is 135 Å². The number of nitrogens with two attached hydrogens (primary N) is 1. The van der Waals surface area contributed by atoms with E-state index in [2.05, 4.69) is 4.89 Å². The first-order valence-electron chi connectivity index (χ1n) is 41.2.